The average molecular weight is 499 g/mol. The molecular formula is C25H38N8O3. The van der Waals surface area contributed by atoms with E-state index in [-0.39, 0.29) is 11.9 Å². The van der Waals surface area contributed by atoms with Gasteiger partial charge in [0.2, 0.25) is 17.6 Å². The van der Waals surface area contributed by atoms with Crippen LogP contribution in [0.5, 0.6) is 0 Å². The van der Waals surface area contributed by atoms with Gasteiger partial charge in [-0.1, -0.05) is 26.2 Å². The van der Waals surface area contributed by atoms with Gasteiger partial charge >= 0.3 is 5.76 Å². The number of nitrogens with one attached hydrogen (secondary N) is 2. The number of nitrogens with zero attached hydrogens (tertiary/aromatic N) is 6. The van der Waals surface area contributed by atoms with Crippen molar-refractivity contribution in [1.82, 2.24) is 29.7 Å². The summed E-state index contributed by atoms with van der Waals surface area (Å²) in [6.07, 6.45) is 8.65. The smallest absolute Gasteiger partial charge is 0.383 e. The standard InChI is InChI=1S/C25H38N8O3/c1-15-8-10-17(11-9-15)14-33-19-20(26-16(2)18-6-5-7-18)27-22(23-30-25(34)36-31-23)28-21(19)29-24(33)32(3)12-13-35-4/h15-18H,5-14H2,1-4H3,(H,26,27,28)(H,30,31,34)/t15?,16-,17?/m1/s1. The molecule has 0 aromatic carbocycles. The van der Waals surface area contributed by atoms with Gasteiger partial charge in [0.1, 0.15) is 5.52 Å². The Labute approximate surface area is 211 Å². The molecule has 11 nitrogen and oxygen atoms in total. The number of anilines is 2. The first-order valence-electron chi connectivity index (χ1n) is 13.2. The third-order valence-corrected chi connectivity index (χ3v) is 8.00. The molecule has 0 amide bonds. The lowest BCUT2D eigenvalue weighted by molar-refractivity contribution is 0.205. The minimum atomic E-state index is -0.705. The van der Waals surface area contributed by atoms with E-state index in [1.54, 1.807) is 7.11 Å². The number of hydrogen-bond donors (Lipinski definition) is 2. The van der Waals surface area contributed by atoms with Gasteiger partial charge in [0.05, 0.1) is 6.61 Å². The molecule has 0 radical (unpaired) electrons. The molecule has 0 spiro atoms. The molecule has 11 heteroatoms. The number of rotatable bonds is 10. The highest BCUT2D eigenvalue weighted by Gasteiger charge is 2.29. The second-order valence-corrected chi connectivity index (χ2v) is 10.7. The average Bonchev–Trinajstić information content (AvgIpc) is 3.41. The number of imidazole rings is 1. The zero-order chi connectivity index (χ0) is 25.2. The molecule has 2 fully saturated rings. The summed E-state index contributed by atoms with van der Waals surface area (Å²) in [5.74, 6) is 3.34. The zero-order valence-electron chi connectivity index (χ0n) is 21.8. The van der Waals surface area contributed by atoms with Crippen molar-refractivity contribution < 1.29 is 9.26 Å². The minimum Gasteiger partial charge on any atom is -0.383 e. The number of methoxy groups -OCH3 is 1. The normalized spacial score (nSPS) is 21.4. The monoisotopic (exact) mass is 498 g/mol. The van der Waals surface area contributed by atoms with Gasteiger partial charge in [-0.3, -0.25) is 0 Å². The molecule has 3 aromatic rings. The molecule has 3 aromatic heterocycles. The van der Waals surface area contributed by atoms with E-state index in [0.29, 0.717) is 36.5 Å². The van der Waals surface area contributed by atoms with Crippen molar-refractivity contribution >= 4 is 22.9 Å². The van der Waals surface area contributed by atoms with Gasteiger partial charge in [-0.05, 0) is 50.4 Å². The highest BCUT2D eigenvalue weighted by atomic mass is 16.5. The van der Waals surface area contributed by atoms with Gasteiger partial charge < -0.3 is 24.0 Å². The van der Waals surface area contributed by atoms with E-state index in [1.807, 2.05) is 7.05 Å². The van der Waals surface area contributed by atoms with E-state index >= 15 is 0 Å². The van der Waals surface area contributed by atoms with Crippen LogP contribution in [-0.4, -0.2) is 63.0 Å². The van der Waals surface area contributed by atoms with Gasteiger partial charge in [-0.25, -0.2) is 14.8 Å². The first-order chi connectivity index (χ1) is 17.4. The predicted octanol–water partition coefficient (Wildman–Crippen LogP) is 3.68. The summed E-state index contributed by atoms with van der Waals surface area (Å²) in [6, 6.07) is 0.259. The Kier molecular flexibility index (Phi) is 7.27. The molecule has 2 saturated carbocycles. The predicted molar refractivity (Wildman–Crippen MR) is 138 cm³/mol. The third-order valence-electron chi connectivity index (χ3n) is 8.00. The Morgan fingerprint density at radius 1 is 1.17 bits per heavy atom. The van der Waals surface area contributed by atoms with Crippen molar-refractivity contribution in [1.29, 1.82) is 0 Å². The lowest BCUT2D eigenvalue weighted by atomic mass is 9.80. The molecule has 0 saturated heterocycles. The number of aromatic nitrogens is 6. The van der Waals surface area contributed by atoms with E-state index < -0.39 is 5.76 Å². The van der Waals surface area contributed by atoms with Gasteiger partial charge in [0.25, 0.3) is 0 Å². The van der Waals surface area contributed by atoms with Crippen LogP contribution in [-0.2, 0) is 11.3 Å². The van der Waals surface area contributed by atoms with Crippen LogP contribution < -0.4 is 16.0 Å². The second kappa shape index (κ2) is 10.6. The van der Waals surface area contributed by atoms with Crippen LogP contribution >= 0.6 is 0 Å². The topological polar surface area (TPSA) is 127 Å². The van der Waals surface area contributed by atoms with Gasteiger partial charge in [-0.15, -0.1) is 4.98 Å². The zero-order valence-corrected chi connectivity index (χ0v) is 21.8. The quantitative estimate of drug-likeness (QED) is 0.430. The molecule has 0 unspecified atom stereocenters. The lowest BCUT2D eigenvalue weighted by Gasteiger charge is -2.32. The maximum absolute atomic E-state index is 11.6. The van der Waals surface area contributed by atoms with Crippen molar-refractivity contribution in [2.45, 2.75) is 71.4 Å². The summed E-state index contributed by atoms with van der Waals surface area (Å²) in [4.78, 5) is 32.1. The summed E-state index contributed by atoms with van der Waals surface area (Å²) in [6.45, 7) is 6.73. The highest BCUT2D eigenvalue weighted by molar-refractivity contribution is 5.87. The number of fused-ring (bicyclic) bond motifs is 1. The third kappa shape index (κ3) is 5.11. The molecule has 196 valence electrons. The molecule has 2 aliphatic rings. The van der Waals surface area contributed by atoms with Crippen molar-refractivity contribution in [2.75, 3.05) is 37.5 Å². The van der Waals surface area contributed by atoms with Crippen molar-refractivity contribution in [3.63, 3.8) is 0 Å². The van der Waals surface area contributed by atoms with E-state index in [2.05, 4.69) is 38.8 Å². The maximum Gasteiger partial charge on any atom is 0.460 e. The number of aromatic amines is 1. The summed E-state index contributed by atoms with van der Waals surface area (Å²) in [7, 11) is 3.74. The summed E-state index contributed by atoms with van der Waals surface area (Å²) in [5.41, 5.74) is 1.48. The number of hydrogen-bond acceptors (Lipinski definition) is 9. The largest absolute Gasteiger partial charge is 0.460 e. The van der Waals surface area contributed by atoms with E-state index in [9.17, 15) is 4.79 Å². The second-order valence-electron chi connectivity index (χ2n) is 10.7. The van der Waals surface area contributed by atoms with Gasteiger partial charge in [0, 0.05) is 33.3 Å². The fraction of sp³-hybridized carbons (Fsp3) is 0.720. The molecule has 0 bridgehead atoms. The number of H-pyrrole nitrogens is 1. The molecule has 2 aliphatic carbocycles. The summed E-state index contributed by atoms with van der Waals surface area (Å²) in [5, 5.41) is 6.22. The maximum atomic E-state index is 11.6. The fourth-order valence-corrected chi connectivity index (χ4v) is 5.39. The number of ether oxygens (including phenoxy) is 1. The SMILES string of the molecule is COCCN(C)c1nc2nc(-c3nc(=O)o[nH]3)nc(N[C@H](C)C3CCC3)c2n1CC1CCC(C)CC1. The Morgan fingerprint density at radius 2 is 1.94 bits per heavy atom. The lowest BCUT2D eigenvalue weighted by Crippen LogP contribution is -2.31. The minimum absolute atomic E-state index is 0.200. The summed E-state index contributed by atoms with van der Waals surface area (Å²) < 4.78 is 12.4. The van der Waals surface area contributed by atoms with E-state index in [0.717, 1.165) is 29.7 Å². The molecule has 2 N–H and O–H groups in total. The van der Waals surface area contributed by atoms with Crippen molar-refractivity contribution in [3.8, 4) is 11.6 Å². The Hall–Kier alpha value is -2.95. The molecular weight excluding hydrogens is 460 g/mol. The van der Waals surface area contributed by atoms with Crippen molar-refractivity contribution in [3.05, 3.63) is 10.6 Å². The molecule has 5 rings (SSSR count). The van der Waals surface area contributed by atoms with Crippen molar-refractivity contribution in [2.24, 2.45) is 17.8 Å². The van der Waals surface area contributed by atoms with Gasteiger partial charge in [-0.2, -0.15) is 10.1 Å². The van der Waals surface area contributed by atoms with Crippen LogP contribution in [0.4, 0.5) is 11.8 Å². The van der Waals surface area contributed by atoms with Crippen LogP contribution in [0.25, 0.3) is 22.8 Å². The van der Waals surface area contributed by atoms with Crippen LogP contribution in [0.2, 0.25) is 0 Å². The first-order valence-corrected chi connectivity index (χ1v) is 13.2. The highest BCUT2D eigenvalue weighted by Crippen LogP contribution is 2.36. The first kappa shape index (κ1) is 24.7. The Balaban J connectivity index is 1.61. The number of likely N-dealkylation sites (N-methyl/N-ethyl adjacent to an activating group) is 1. The summed E-state index contributed by atoms with van der Waals surface area (Å²) >= 11 is 0. The molecule has 1 atom stereocenters. The van der Waals surface area contributed by atoms with Crippen LogP contribution in [0, 0.1) is 17.8 Å². The van der Waals surface area contributed by atoms with E-state index in [4.69, 9.17) is 24.2 Å². The van der Waals surface area contributed by atoms with Gasteiger partial charge in [0.15, 0.2) is 11.5 Å². The van der Waals surface area contributed by atoms with Crippen LogP contribution in [0.15, 0.2) is 9.32 Å². The van der Waals surface area contributed by atoms with E-state index in [1.165, 1.54) is 44.9 Å². The van der Waals surface area contributed by atoms with Crippen LogP contribution in [0.3, 0.4) is 0 Å². The Morgan fingerprint density at radius 3 is 2.58 bits per heavy atom. The Bertz CT molecular complexity index is 1220. The van der Waals surface area contributed by atoms with Crippen LogP contribution in [0.1, 0.15) is 58.8 Å². The molecule has 0 aliphatic heterocycles. The molecule has 3 heterocycles. The fourth-order valence-electron chi connectivity index (χ4n) is 5.39. The molecule has 36 heavy (non-hydrogen) atoms.